The Morgan fingerprint density at radius 3 is 2.21 bits per heavy atom. The van der Waals surface area contributed by atoms with Crippen molar-refractivity contribution < 1.29 is 35.8 Å². The quantitative estimate of drug-likeness (QED) is 0.339. The van der Waals surface area contributed by atoms with E-state index in [9.17, 15) is 21.6 Å². The number of amides is 1. The molecule has 3 aromatic rings. The van der Waals surface area contributed by atoms with Gasteiger partial charge in [0, 0.05) is 19.6 Å². The van der Waals surface area contributed by atoms with Crippen molar-refractivity contribution in [2.45, 2.75) is 23.3 Å². The van der Waals surface area contributed by atoms with Crippen LogP contribution in [0.2, 0.25) is 5.02 Å². The Hall–Kier alpha value is -3.36. The summed E-state index contributed by atoms with van der Waals surface area (Å²) in [6.07, 6.45) is 0. The van der Waals surface area contributed by atoms with Gasteiger partial charge in [-0.2, -0.15) is 4.31 Å². The first-order chi connectivity index (χ1) is 20.0. The fourth-order valence-electron chi connectivity index (χ4n) is 4.33. The molecule has 1 aliphatic rings. The molecule has 3 aromatic carbocycles. The number of carbonyl (C=O) groups is 1. The van der Waals surface area contributed by atoms with Crippen LogP contribution in [0.15, 0.2) is 70.5 Å². The van der Waals surface area contributed by atoms with Crippen LogP contribution in [0, 0.1) is 6.92 Å². The molecule has 1 aliphatic heterocycles. The molecular weight excluding hydrogens is 606 g/mol. The zero-order valence-electron chi connectivity index (χ0n) is 23.4. The van der Waals surface area contributed by atoms with E-state index in [4.69, 9.17) is 25.8 Å². The summed E-state index contributed by atoms with van der Waals surface area (Å²) in [5.74, 6) is -0.130. The Morgan fingerprint density at radius 1 is 0.952 bits per heavy atom. The minimum absolute atomic E-state index is 0.0434. The van der Waals surface area contributed by atoms with E-state index in [0.717, 1.165) is 4.31 Å². The Kier molecular flexibility index (Phi) is 10.00. The fraction of sp³-hybridized carbons (Fsp3) is 0.321. The predicted molar refractivity (Wildman–Crippen MR) is 158 cm³/mol. The molecule has 0 aromatic heterocycles. The molecule has 0 spiro atoms. The van der Waals surface area contributed by atoms with Crippen LogP contribution in [0.3, 0.4) is 0 Å². The van der Waals surface area contributed by atoms with E-state index < -0.39 is 32.5 Å². The average molecular weight is 638 g/mol. The largest absolute Gasteiger partial charge is 0.495 e. The van der Waals surface area contributed by atoms with Crippen molar-refractivity contribution >= 4 is 43.2 Å². The standard InChI is InChI=1S/C28H32ClN3O8S2/c1-20-4-10-26(39-3)27(16-20)42(36,37)32(22-7-11-25(38-2)24(29)17-22)19-28(33)30-18-21-5-8-23(9-6-21)41(34,35)31-12-14-40-15-13-31/h4-11,16-17H,12-15,18-19H2,1-3H3,(H,30,33). The van der Waals surface area contributed by atoms with Gasteiger partial charge in [0.2, 0.25) is 15.9 Å². The van der Waals surface area contributed by atoms with E-state index >= 15 is 0 Å². The molecule has 4 rings (SSSR count). The highest BCUT2D eigenvalue weighted by molar-refractivity contribution is 7.93. The number of nitrogens with one attached hydrogen (secondary N) is 1. The lowest BCUT2D eigenvalue weighted by atomic mass is 10.2. The number of hydrogen-bond donors (Lipinski definition) is 1. The van der Waals surface area contributed by atoms with Crippen LogP contribution >= 0.6 is 11.6 Å². The highest BCUT2D eigenvalue weighted by atomic mass is 35.5. The summed E-state index contributed by atoms with van der Waals surface area (Å²) in [5, 5.41) is 2.88. The summed E-state index contributed by atoms with van der Waals surface area (Å²) >= 11 is 6.30. The van der Waals surface area contributed by atoms with Crippen molar-refractivity contribution in [3.05, 3.63) is 76.8 Å². The zero-order chi connectivity index (χ0) is 30.5. The van der Waals surface area contributed by atoms with E-state index in [1.165, 1.54) is 54.9 Å². The summed E-state index contributed by atoms with van der Waals surface area (Å²) in [6, 6.07) is 15.3. The summed E-state index contributed by atoms with van der Waals surface area (Å²) in [5.41, 5.74) is 1.47. The van der Waals surface area contributed by atoms with Gasteiger partial charge in [0.25, 0.3) is 10.0 Å². The Labute approximate surface area is 251 Å². The second-order valence-corrected chi connectivity index (χ2v) is 13.6. The number of ether oxygens (including phenoxy) is 3. The topological polar surface area (TPSA) is 132 Å². The molecule has 0 aliphatic carbocycles. The summed E-state index contributed by atoms with van der Waals surface area (Å²) in [4.78, 5) is 13.1. The van der Waals surface area contributed by atoms with Crippen molar-refractivity contribution in [3.8, 4) is 11.5 Å². The van der Waals surface area contributed by atoms with Crippen LogP contribution in [0.4, 0.5) is 5.69 Å². The lowest BCUT2D eigenvalue weighted by Crippen LogP contribution is -2.41. The van der Waals surface area contributed by atoms with Gasteiger partial charge in [-0.3, -0.25) is 9.10 Å². The molecule has 1 amide bonds. The van der Waals surface area contributed by atoms with E-state index in [0.29, 0.717) is 30.1 Å². The average Bonchev–Trinajstić information content (AvgIpc) is 2.99. The molecule has 11 nitrogen and oxygen atoms in total. The van der Waals surface area contributed by atoms with Crippen LogP contribution in [-0.4, -0.2) is 74.1 Å². The van der Waals surface area contributed by atoms with Crippen molar-refractivity contribution in [3.63, 3.8) is 0 Å². The van der Waals surface area contributed by atoms with Crippen molar-refractivity contribution in [1.82, 2.24) is 9.62 Å². The predicted octanol–water partition coefficient (Wildman–Crippen LogP) is 3.20. The highest BCUT2D eigenvalue weighted by Gasteiger charge is 2.31. The Bertz CT molecular complexity index is 1640. The molecule has 1 heterocycles. The first-order valence-electron chi connectivity index (χ1n) is 12.9. The van der Waals surface area contributed by atoms with Gasteiger partial charge < -0.3 is 19.5 Å². The number of carbonyl (C=O) groups excluding carboxylic acids is 1. The normalized spacial score (nSPS) is 14.3. The van der Waals surface area contributed by atoms with Gasteiger partial charge >= 0.3 is 0 Å². The lowest BCUT2D eigenvalue weighted by Gasteiger charge is -2.26. The smallest absolute Gasteiger partial charge is 0.268 e. The Morgan fingerprint density at radius 2 is 1.60 bits per heavy atom. The molecule has 1 N–H and O–H groups in total. The molecule has 0 radical (unpaired) electrons. The number of morpholine rings is 1. The van der Waals surface area contributed by atoms with Crippen LogP contribution in [0.5, 0.6) is 11.5 Å². The number of aryl methyl sites for hydroxylation is 1. The molecule has 0 unspecified atom stereocenters. The number of nitrogens with zero attached hydrogens (tertiary/aromatic N) is 2. The fourth-order valence-corrected chi connectivity index (χ4v) is 7.65. The number of halogens is 1. The first kappa shape index (κ1) is 31.6. The van der Waals surface area contributed by atoms with Crippen molar-refractivity contribution in [2.24, 2.45) is 0 Å². The van der Waals surface area contributed by atoms with Crippen LogP contribution < -0.4 is 19.1 Å². The van der Waals surface area contributed by atoms with E-state index in [2.05, 4.69) is 5.32 Å². The van der Waals surface area contributed by atoms with Gasteiger partial charge in [-0.1, -0.05) is 29.8 Å². The zero-order valence-corrected chi connectivity index (χ0v) is 25.8. The molecular formula is C28H32ClN3O8S2. The first-order valence-corrected chi connectivity index (χ1v) is 16.2. The third kappa shape index (κ3) is 6.98. The van der Waals surface area contributed by atoms with Gasteiger partial charge in [0.15, 0.2) is 0 Å². The van der Waals surface area contributed by atoms with Gasteiger partial charge in [-0.05, 0) is 60.5 Å². The van der Waals surface area contributed by atoms with Crippen molar-refractivity contribution in [2.75, 3.05) is 51.4 Å². The van der Waals surface area contributed by atoms with Gasteiger partial charge in [0.05, 0.1) is 43.0 Å². The maximum atomic E-state index is 13.9. The monoisotopic (exact) mass is 637 g/mol. The maximum Gasteiger partial charge on any atom is 0.268 e. The molecule has 1 saturated heterocycles. The molecule has 0 atom stereocenters. The molecule has 226 valence electrons. The minimum atomic E-state index is -4.30. The number of rotatable bonds is 11. The third-order valence-corrected chi connectivity index (χ3v) is 10.6. The highest BCUT2D eigenvalue weighted by Crippen LogP contribution is 2.34. The molecule has 14 heteroatoms. The van der Waals surface area contributed by atoms with Crippen LogP contribution in [-0.2, 0) is 36.1 Å². The summed E-state index contributed by atoms with van der Waals surface area (Å²) < 4.78 is 71.7. The molecule has 42 heavy (non-hydrogen) atoms. The van der Waals surface area contributed by atoms with E-state index in [1.807, 2.05) is 0 Å². The third-order valence-electron chi connectivity index (χ3n) is 6.62. The number of sulfonamides is 2. The SMILES string of the molecule is COc1ccc(N(CC(=O)NCc2ccc(S(=O)(=O)N3CCOCC3)cc2)S(=O)(=O)c2cc(C)ccc2OC)cc1Cl. The van der Waals surface area contributed by atoms with Crippen LogP contribution in [0.1, 0.15) is 11.1 Å². The Balaban J connectivity index is 1.55. The van der Waals surface area contributed by atoms with Crippen LogP contribution in [0.25, 0.3) is 0 Å². The number of hydrogen-bond acceptors (Lipinski definition) is 8. The van der Waals surface area contributed by atoms with Gasteiger partial charge in [-0.25, -0.2) is 16.8 Å². The molecule has 0 bridgehead atoms. The lowest BCUT2D eigenvalue weighted by molar-refractivity contribution is -0.119. The summed E-state index contributed by atoms with van der Waals surface area (Å²) in [7, 11) is -5.15. The second-order valence-electron chi connectivity index (χ2n) is 9.42. The van der Waals surface area contributed by atoms with Gasteiger partial charge in [0.1, 0.15) is 22.9 Å². The number of methoxy groups -OCH3 is 2. The number of anilines is 1. The van der Waals surface area contributed by atoms with Gasteiger partial charge in [-0.15, -0.1) is 0 Å². The minimum Gasteiger partial charge on any atom is -0.495 e. The van der Waals surface area contributed by atoms with Crippen molar-refractivity contribution in [1.29, 1.82) is 0 Å². The van der Waals surface area contributed by atoms with E-state index in [-0.39, 0.29) is 45.9 Å². The maximum absolute atomic E-state index is 13.9. The molecule has 0 saturated carbocycles. The molecule has 1 fully saturated rings. The second kappa shape index (κ2) is 13.3. The summed E-state index contributed by atoms with van der Waals surface area (Å²) in [6.45, 7) is 2.48. The van der Waals surface area contributed by atoms with E-state index in [1.54, 1.807) is 31.2 Å². The number of benzene rings is 3.